The molecule has 0 saturated heterocycles. The zero-order valence-corrected chi connectivity index (χ0v) is 33.3. The van der Waals surface area contributed by atoms with Gasteiger partial charge in [-0.25, -0.2) is 4.57 Å². The molecule has 0 rings (SSSR count). The summed E-state index contributed by atoms with van der Waals surface area (Å²) in [5.41, 5.74) is 0. The van der Waals surface area contributed by atoms with Crippen LogP contribution in [0.2, 0.25) is 0 Å². The molecule has 1 N–H and O–H groups in total. The second-order valence-corrected chi connectivity index (χ2v) is 15.7. The number of carbonyl (C=O) groups is 2. The van der Waals surface area contributed by atoms with Crippen molar-refractivity contribution in [3.8, 4) is 0 Å². The van der Waals surface area contributed by atoms with Crippen molar-refractivity contribution in [3.05, 3.63) is 0 Å². The first kappa shape index (κ1) is 48.0. The zero-order valence-electron chi connectivity index (χ0n) is 32.4. The minimum absolute atomic E-state index is 0.217. The Morgan fingerprint density at radius 2 is 0.796 bits per heavy atom. The molecular formula is C40H79O8P. The van der Waals surface area contributed by atoms with E-state index >= 15 is 0 Å². The van der Waals surface area contributed by atoms with Crippen molar-refractivity contribution >= 4 is 19.8 Å². The Hall–Kier alpha value is -0.950. The van der Waals surface area contributed by atoms with Crippen molar-refractivity contribution in [2.75, 3.05) is 20.3 Å². The Labute approximate surface area is 302 Å². The van der Waals surface area contributed by atoms with E-state index in [0.29, 0.717) is 6.42 Å². The molecule has 8 nitrogen and oxygen atoms in total. The highest BCUT2D eigenvalue weighted by molar-refractivity contribution is 7.47. The first-order chi connectivity index (χ1) is 23.8. The van der Waals surface area contributed by atoms with Crippen LogP contribution in [0.1, 0.15) is 219 Å². The number of phosphoric acid groups is 1. The molecule has 2 unspecified atom stereocenters. The molecule has 0 aliphatic heterocycles. The fourth-order valence-electron chi connectivity index (χ4n) is 6.13. The van der Waals surface area contributed by atoms with Crippen LogP contribution >= 0.6 is 7.82 Å². The second kappa shape index (κ2) is 36.8. The van der Waals surface area contributed by atoms with Gasteiger partial charge in [-0.1, -0.05) is 194 Å². The Balaban J connectivity index is 3.87. The van der Waals surface area contributed by atoms with Gasteiger partial charge in [0, 0.05) is 20.0 Å². The van der Waals surface area contributed by atoms with Gasteiger partial charge < -0.3 is 14.4 Å². The van der Waals surface area contributed by atoms with Gasteiger partial charge in [0.15, 0.2) is 6.10 Å². The van der Waals surface area contributed by atoms with Gasteiger partial charge in [0.2, 0.25) is 0 Å². The van der Waals surface area contributed by atoms with Crippen LogP contribution in [0.3, 0.4) is 0 Å². The largest absolute Gasteiger partial charge is 0.472 e. The van der Waals surface area contributed by atoms with Gasteiger partial charge >= 0.3 is 19.8 Å². The van der Waals surface area contributed by atoms with Crippen LogP contribution in [0.4, 0.5) is 0 Å². The summed E-state index contributed by atoms with van der Waals surface area (Å²) in [7, 11) is -3.18. The van der Waals surface area contributed by atoms with E-state index < -0.39 is 26.5 Å². The average molecular weight is 719 g/mol. The van der Waals surface area contributed by atoms with Crippen molar-refractivity contribution in [1.82, 2.24) is 0 Å². The molecule has 2 atom stereocenters. The zero-order chi connectivity index (χ0) is 36.1. The van der Waals surface area contributed by atoms with Crippen LogP contribution in [0.15, 0.2) is 0 Å². The summed E-state index contributed by atoms with van der Waals surface area (Å²) in [6.07, 6.45) is 37.4. The highest BCUT2D eigenvalue weighted by atomic mass is 31.2. The Morgan fingerprint density at radius 1 is 0.490 bits per heavy atom. The molecule has 0 aliphatic carbocycles. The SMILES string of the molecule is CCCCCCCCCCCCCCCCCCCCCCCC(=O)OC(COC(=O)CCCCCCCCCCC)COP(=O)(O)OC. The third kappa shape index (κ3) is 36.6. The van der Waals surface area contributed by atoms with Gasteiger partial charge in [0.25, 0.3) is 0 Å². The summed E-state index contributed by atoms with van der Waals surface area (Å²) in [5, 5.41) is 0. The number of hydrogen-bond donors (Lipinski definition) is 1. The lowest BCUT2D eigenvalue weighted by Gasteiger charge is -2.19. The molecule has 0 bridgehead atoms. The van der Waals surface area contributed by atoms with Gasteiger partial charge in [-0.3, -0.25) is 18.6 Å². The van der Waals surface area contributed by atoms with Crippen LogP contribution < -0.4 is 0 Å². The van der Waals surface area contributed by atoms with Crippen LogP contribution in [0.5, 0.6) is 0 Å². The minimum atomic E-state index is -4.25. The lowest BCUT2D eigenvalue weighted by molar-refractivity contribution is -0.161. The Kier molecular flexibility index (Phi) is 36.1. The monoisotopic (exact) mass is 719 g/mol. The maximum Gasteiger partial charge on any atom is 0.472 e. The molecular weight excluding hydrogens is 639 g/mol. The molecule has 0 amide bonds. The summed E-state index contributed by atoms with van der Waals surface area (Å²) in [6, 6.07) is 0. The molecule has 0 radical (unpaired) electrons. The van der Waals surface area contributed by atoms with Crippen LogP contribution in [-0.4, -0.2) is 43.3 Å². The molecule has 0 heterocycles. The van der Waals surface area contributed by atoms with Crippen LogP contribution in [0, 0.1) is 0 Å². The van der Waals surface area contributed by atoms with E-state index in [-0.39, 0.29) is 19.0 Å². The number of carbonyl (C=O) groups excluding carboxylic acids is 2. The van der Waals surface area contributed by atoms with Crippen molar-refractivity contribution in [1.29, 1.82) is 0 Å². The Bertz CT molecular complexity index is 777. The molecule has 0 fully saturated rings. The van der Waals surface area contributed by atoms with Crippen molar-refractivity contribution in [2.24, 2.45) is 0 Å². The number of rotatable bonds is 39. The third-order valence-corrected chi connectivity index (χ3v) is 10.3. The summed E-state index contributed by atoms with van der Waals surface area (Å²) in [5.74, 6) is -0.793. The molecule has 0 aromatic rings. The summed E-state index contributed by atoms with van der Waals surface area (Å²) < 4.78 is 31.9. The van der Waals surface area contributed by atoms with Gasteiger partial charge in [0.1, 0.15) is 6.61 Å². The molecule has 0 saturated carbocycles. The van der Waals surface area contributed by atoms with Crippen molar-refractivity contribution < 1.29 is 37.6 Å². The predicted octanol–water partition coefficient (Wildman–Crippen LogP) is 12.7. The van der Waals surface area contributed by atoms with E-state index in [1.165, 1.54) is 154 Å². The van der Waals surface area contributed by atoms with E-state index in [2.05, 4.69) is 18.4 Å². The quantitative estimate of drug-likeness (QED) is 0.0380. The number of hydrogen-bond acceptors (Lipinski definition) is 7. The lowest BCUT2D eigenvalue weighted by Crippen LogP contribution is -2.29. The smallest absolute Gasteiger partial charge is 0.462 e. The fraction of sp³-hybridized carbons (Fsp3) is 0.950. The second-order valence-electron chi connectivity index (χ2n) is 14.1. The molecule has 0 aromatic heterocycles. The summed E-state index contributed by atoms with van der Waals surface area (Å²) >= 11 is 0. The molecule has 0 aromatic carbocycles. The van der Waals surface area contributed by atoms with E-state index in [9.17, 15) is 19.0 Å². The minimum Gasteiger partial charge on any atom is -0.462 e. The molecule has 0 aliphatic rings. The average Bonchev–Trinajstić information content (AvgIpc) is 3.09. The standard InChI is InChI=1S/C40H79O8P/c1-4-6-8-10-12-14-15-16-17-18-19-20-21-22-23-24-25-27-29-31-33-35-40(42)48-38(37-47-49(43,44)45-3)36-46-39(41)34-32-30-28-26-13-11-9-7-5-2/h38H,4-37H2,1-3H3,(H,43,44). The van der Waals surface area contributed by atoms with E-state index in [0.717, 1.165) is 45.6 Å². The first-order valence-electron chi connectivity index (χ1n) is 20.7. The number of esters is 2. The number of phosphoric ester groups is 1. The first-order valence-corrected chi connectivity index (χ1v) is 22.2. The molecule has 0 spiro atoms. The fourth-order valence-corrected chi connectivity index (χ4v) is 6.59. The van der Waals surface area contributed by atoms with Gasteiger partial charge in [-0.15, -0.1) is 0 Å². The van der Waals surface area contributed by atoms with E-state index in [4.69, 9.17) is 14.0 Å². The predicted molar refractivity (Wildman–Crippen MR) is 203 cm³/mol. The van der Waals surface area contributed by atoms with Gasteiger partial charge in [-0.2, -0.15) is 0 Å². The topological polar surface area (TPSA) is 108 Å². The highest BCUT2D eigenvalue weighted by Crippen LogP contribution is 2.42. The molecule has 292 valence electrons. The van der Waals surface area contributed by atoms with Crippen molar-refractivity contribution in [2.45, 2.75) is 225 Å². The van der Waals surface area contributed by atoms with Crippen LogP contribution in [0.25, 0.3) is 0 Å². The Morgan fingerprint density at radius 3 is 1.12 bits per heavy atom. The maximum atomic E-state index is 12.5. The number of ether oxygens (including phenoxy) is 2. The molecule has 49 heavy (non-hydrogen) atoms. The maximum absolute atomic E-state index is 12.5. The van der Waals surface area contributed by atoms with Crippen molar-refractivity contribution in [3.63, 3.8) is 0 Å². The highest BCUT2D eigenvalue weighted by Gasteiger charge is 2.24. The van der Waals surface area contributed by atoms with Crippen LogP contribution in [-0.2, 0) is 32.7 Å². The van der Waals surface area contributed by atoms with Gasteiger partial charge in [0.05, 0.1) is 6.61 Å². The van der Waals surface area contributed by atoms with E-state index in [1.54, 1.807) is 0 Å². The lowest BCUT2D eigenvalue weighted by atomic mass is 10.0. The van der Waals surface area contributed by atoms with Gasteiger partial charge in [-0.05, 0) is 12.8 Å². The van der Waals surface area contributed by atoms with E-state index in [1.807, 2.05) is 0 Å². The molecule has 9 heteroatoms. The third-order valence-electron chi connectivity index (χ3n) is 9.35. The summed E-state index contributed by atoms with van der Waals surface area (Å²) in [4.78, 5) is 34.3. The normalized spacial score (nSPS) is 13.3. The summed E-state index contributed by atoms with van der Waals surface area (Å²) in [6.45, 7) is 3.89. The number of unbranched alkanes of at least 4 members (excludes halogenated alkanes) is 28.